The minimum Gasteiger partial charge on any atom is -0.369 e. The molecule has 8 heteroatoms. The summed E-state index contributed by atoms with van der Waals surface area (Å²) in [5.74, 6) is 0.783. The van der Waals surface area contributed by atoms with Gasteiger partial charge in [0.2, 0.25) is 0 Å². The second-order valence-electron chi connectivity index (χ2n) is 11.2. The first-order valence-corrected chi connectivity index (χ1v) is 13.9. The Morgan fingerprint density at radius 1 is 0.895 bits per heavy atom. The first-order chi connectivity index (χ1) is 18.4. The highest BCUT2D eigenvalue weighted by Crippen LogP contribution is 2.35. The van der Waals surface area contributed by atoms with E-state index in [4.69, 9.17) is 0 Å². The van der Waals surface area contributed by atoms with Gasteiger partial charge in [0.25, 0.3) is 5.56 Å². The van der Waals surface area contributed by atoms with Crippen LogP contribution in [0.25, 0.3) is 10.9 Å². The first kappa shape index (κ1) is 24.8. The van der Waals surface area contributed by atoms with Crippen LogP contribution in [-0.4, -0.2) is 56.3 Å². The summed E-state index contributed by atoms with van der Waals surface area (Å²) in [4.78, 5) is 21.7. The van der Waals surface area contributed by atoms with E-state index in [1.165, 1.54) is 40.8 Å². The molecule has 1 saturated heterocycles. The van der Waals surface area contributed by atoms with Crippen molar-refractivity contribution in [2.45, 2.75) is 65.5 Å². The number of fused-ring (bicyclic) bond motifs is 1. The maximum absolute atomic E-state index is 13.6. The Bertz CT molecular complexity index is 1520. The third-order valence-electron chi connectivity index (χ3n) is 8.60. The van der Waals surface area contributed by atoms with E-state index < -0.39 is 0 Å². The van der Waals surface area contributed by atoms with E-state index in [9.17, 15) is 4.79 Å². The number of tetrazole rings is 1. The van der Waals surface area contributed by atoms with Crippen molar-refractivity contribution in [2.75, 3.05) is 31.1 Å². The van der Waals surface area contributed by atoms with Crippen LogP contribution in [0.4, 0.5) is 5.69 Å². The predicted molar refractivity (Wildman–Crippen MR) is 151 cm³/mol. The van der Waals surface area contributed by atoms with Gasteiger partial charge < -0.3 is 9.88 Å². The van der Waals surface area contributed by atoms with E-state index in [2.05, 4.69) is 94.4 Å². The molecule has 2 fully saturated rings. The van der Waals surface area contributed by atoms with Crippen LogP contribution in [0.15, 0.2) is 41.2 Å². The molecule has 1 unspecified atom stereocenters. The van der Waals surface area contributed by atoms with Crippen molar-refractivity contribution in [3.8, 4) is 0 Å². The number of hydrogen-bond acceptors (Lipinski definition) is 6. The lowest BCUT2D eigenvalue weighted by molar-refractivity contribution is 0.196. The molecule has 2 aromatic carbocycles. The lowest BCUT2D eigenvalue weighted by Crippen LogP contribution is -2.49. The van der Waals surface area contributed by atoms with Crippen molar-refractivity contribution in [1.82, 2.24) is 30.1 Å². The van der Waals surface area contributed by atoms with Crippen LogP contribution >= 0.6 is 0 Å². The van der Waals surface area contributed by atoms with Gasteiger partial charge in [-0.25, -0.2) is 4.68 Å². The fourth-order valence-corrected chi connectivity index (χ4v) is 6.27. The molecule has 2 aromatic heterocycles. The van der Waals surface area contributed by atoms with Gasteiger partial charge in [0.05, 0.1) is 6.04 Å². The average Bonchev–Trinajstić information content (AvgIpc) is 3.60. The van der Waals surface area contributed by atoms with E-state index in [1.807, 2.05) is 4.68 Å². The van der Waals surface area contributed by atoms with Crippen LogP contribution in [-0.2, 0) is 0 Å². The Morgan fingerprint density at radius 2 is 1.63 bits per heavy atom. The van der Waals surface area contributed by atoms with Gasteiger partial charge in [-0.1, -0.05) is 25.0 Å². The minimum atomic E-state index is -0.305. The molecule has 38 heavy (non-hydrogen) atoms. The van der Waals surface area contributed by atoms with Gasteiger partial charge in [-0.2, -0.15) is 0 Å². The van der Waals surface area contributed by atoms with Crippen molar-refractivity contribution in [1.29, 1.82) is 0 Å². The fourth-order valence-electron chi connectivity index (χ4n) is 6.27. The molecular weight excluding hydrogens is 474 g/mol. The Balaban J connectivity index is 1.40. The van der Waals surface area contributed by atoms with Crippen LogP contribution in [0.3, 0.4) is 0 Å². The van der Waals surface area contributed by atoms with E-state index in [0.717, 1.165) is 61.3 Å². The average molecular weight is 512 g/mol. The molecule has 1 aliphatic carbocycles. The van der Waals surface area contributed by atoms with Crippen molar-refractivity contribution in [2.24, 2.45) is 0 Å². The zero-order valence-electron chi connectivity index (χ0n) is 22.9. The number of aromatic nitrogens is 5. The van der Waals surface area contributed by atoms with Gasteiger partial charge in [-0.05, 0) is 103 Å². The number of nitrogens with one attached hydrogen (secondary N) is 1. The number of piperazine rings is 1. The van der Waals surface area contributed by atoms with Gasteiger partial charge in [0.1, 0.15) is 6.04 Å². The lowest BCUT2D eigenvalue weighted by atomic mass is 10.00. The standard InChI is InChI=1S/C30H37N7O/c1-19-9-10-20(2)27(15-19)35-11-13-36(14-12-35)28(29-32-33-34-37(29)24-7-5-6-8-24)25-18-23-16-21(3)22(4)17-26(23)31-30(25)38/h9-10,15-18,24,28H,5-8,11-14H2,1-4H3,(H,31,38). The zero-order chi connectivity index (χ0) is 26.4. The highest BCUT2D eigenvalue weighted by atomic mass is 16.1. The van der Waals surface area contributed by atoms with Crippen LogP contribution < -0.4 is 10.5 Å². The normalized spacial score (nSPS) is 17.9. The quantitative estimate of drug-likeness (QED) is 0.415. The molecule has 2 aliphatic rings. The second-order valence-corrected chi connectivity index (χ2v) is 11.2. The van der Waals surface area contributed by atoms with Gasteiger partial charge >= 0.3 is 0 Å². The van der Waals surface area contributed by atoms with Crippen molar-refractivity contribution in [3.63, 3.8) is 0 Å². The molecule has 4 aromatic rings. The van der Waals surface area contributed by atoms with Crippen molar-refractivity contribution in [3.05, 3.63) is 80.4 Å². The topological polar surface area (TPSA) is 82.9 Å². The molecular formula is C30H37N7O. The van der Waals surface area contributed by atoms with E-state index in [-0.39, 0.29) is 11.6 Å². The maximum atomic E-state index is 13.6. The Labute approximate surface area is 223 Å². The summed E-state index contributed by atoms with van der Waals surface area (Å²) in [5, 5.41) is 14.2. The van der Waals surface area contributed by atoms with Crippen LogP contribution in [0.2, 0.25) is 0 Å². The minimum absolute atomic E-state index is 0.0660. The molecule has 0 amide bonds. The summed E-state index contributed by atoms with van der Waals surface area (Å²) in [6.45, 7) is 11.9. The van der Waals surface area contributed by atoms with Crippen LogP contribution in [0.5, 0.6) is 0 Å². The molecule has 0 bridgehead atoms. The molecule has 0 spiro atoms. The summed E-state index contributed by atoms with van der Waals surface area (Å²) < 4.78 is 2.01. The highest BCUT2D eigenvalue weighted by Gasteiger charge is 2.35. The van der Waals surface area contributed by atoms with E-state index in [1.54, 1.807) is 0 Å². The van der Waals surface area contributed by atoms with E-state index >= 15 is 0 Å². The summed E-state index contributed by atoms with van der Waals surface area (Å²) in [5.41, 5.74) is 7.77. The number of rotatable bonds is 5. The number of aryl methyl sites for hydroxylation is 4. The summed E-state index contributed by atoms with van der Waals surface area (Å²) in [6.07, 6.45) is 4.55. The van der Waals surface area contributed by atoms with Gasteiger partial charge in [-0.15, -0.1) is 5.10 Å². The lowest BCUT2D eigenvalue weighted by Gasteiger charge is -2.40. The molecule has 0 radical (unpaired) electrons. The first-order valence-electron chi connectivity index (χ1n) is 13.9. The predicted octanol–water partition coefficient (Wildman–Crippen LogP) is 4.77. The van der Waals surface area contributed by atoms with Crippen LogP contribution in [0.1, 0.15) is 71.4 Å². The molecule has 6 rings (SSSR count). The summed E-state index contributed by atoms with van der Waals surface area (Å²) in [6, 6.07) is 12.9. The smallest absolute Gasteiger partial charge is 0.253 e. The molecule has 198 valence electrons. The number of pyridine rings is 1. The zero-order valence-corrected chi connectivity index (χ0v) is 22.9. The number of benzene rings is 2. The largest absolute Gasteiger partial charge is 0.369 e. The number of nitrogens with zero attached hydrogens (tertiary/aromatic N) is 6. The number of hydrogen-bond donors (Lipinski definition) is 1. The molecule has 1 aliphatic heterocycles. The molecule has 1 N–H and O–H groups in total. The van der Waals surface area contributed by atoms with E-state index in [0.29, 0.717) is 6.04 Å². The highest BCUT2D eigenvalue weighted by molar-refractivity contribution is 5.81. The monoisotopic (exact) mass is 511 g/mol. The van der Waals surface area contributed by atoms with Crippen molar-refractivity contribution < 1.29 is 0 Å². The molecule has 1 atom stereocenters. The van der Waals surface area contributed by atoms with Gasteiger partial charge in [0.15, 0.2) is 5.82 Å². The maximum Gasteiger partial charge on any atom is 0.253 e. The summed E-state index contributed by atoms with van der Waals surface area (Å²) >= 11 is 0. The fraction of sp³-hybridized carbons (Fsp3) is 0.467. The number of anilines is 1. The molecule has 1 saturated carbocycles. The Kier molecular flexibility index (Phi) is 6.51. The van der Waals surface area contributed by atoms with Gasteiger partial charge in [0, 0.05) is 42.9 Å². The number of H-pyrrole nitrogens is 1. The summed E-state index contributed by atoms with van der Waals surface area (Å²) in [7, 11) is 0. The van der Waals surface area contributed by atoms with Gasteiger partial charge in [-0.3, -0.25) is 9.69 Å². The Hall–Kier alpha value is -3.52. The SMILES string of the molecule is Cc1ccc(C)c(N2CCN(C(c3cc4cc(C)c(C)cc4[nH]c3=O)c3nnnn3C3CCCC3)CC2)c1. The Morgan fingerprint density at radius 3 is 2.39 bits per heavy atom. The third kappa shape index (κ3) is 4.51. The molecule has 8 nitrogen and oxygen atoms in total. The van der Waals surface area contributed by atoms with Crippen molar-refractivity contribution >= 4 is 16.6 Å². The number of aromatic amines is 1. The second kappa shape index (κ2) is 9.98. The van der Waals surface area contributed by atoms with Crippen LogP contribution in [0, 0.1) is 27.7 Å². The molecule has 3 heterocycles. The third-order valence-corrected chi connectivity index (χ3v) is 8.60.